The third kappa shape index (κ3) is 6.45. The number of carbonyl (C=O) groups excluding carboxylic acids is 1. The quantitative estimate of drug-likeness (QED) is 0.388. The van der Waals surface area contributed by atoms with Gasteiger partial charge >= 0.3 is 0 Å². The average Bonchev–Trinajstić information content (AvgIpc) is 2.84. The van der Waals surface area contributed by atoms with Crippen molar-refractivity contribution >= 4 is 27.3 Å². The van der Waals surface area contributed by atoms with E-state index >= 15 is 0 Å². The normalized spacial score (nSPS) is 12.0. The van der Waals surface area contributed by atoms with Crippen LogP contribution in [0.5, 0.6) is 5.75 Å². The smallest absolute Gasteiger partial charge is 0.251 e. The zero-order valence-corrected chi connectivity index (χ0v) is 20.4. The van der Waals surface area contributed by atoms with Gasteiger partial charge in [-0.3, -0.25) is 14.9 Å². The van der Waals surface area contributed by atoms with Crippen LogP contribution in [0.4, 0.5) is 5.69 Å². The molecule has 1 unspecified atom stereocenters. The molecule has 0 spiro atoms. The highest BCUT2D eigenvalue weighted by molar-refractivity contribution is 7.92. The predicted molar refractivity (Wildman–Crippen MR) is 135 cm³/mol. The molecule has 1 atom stereocenters. The summed E-state index contributed by atoms with van der Waals surface area (Å²) in [5, 5.41) is 9.56. The van der Waals surface area contributed by atoms with Crippen LogP contribution in [-0.2, 0) is 10.0 Å². The van der Waals surface area contributed by atoms with E-state index in [1.807, 2.05) is 31.2 Å². The molecule has 8 heteroatoms. The van der Waals surface area contributed by atoms with Crippen LogP contribution in [0.2, 0.25) is 0 Å². The van der Waals surface area contributed by atoms with Crippen molar-refractivity contribution < 1.29 is 23.4 Å². The highest BCUT2D eigenvalue weighted by Gasteiger charge is 2.22. The third-order valence-electron chi connectivity index (χ3n) is 5.55. The molecule has 7 nitrogen and oxygen atoms in total. The highest BCUT2D eigenvalue weighted by atomic mass is 32.2. The molecule has 0 fully saturated rings. The molecule has 0 aliphatic carbocycles. The second-order valence-electron chi connectivity index (χ2n) is 7.92. The molecule has 0 saturated carbocycles. The second-order valence-corrected chi connectivity index (χ2v) is 9.93. The number of hydrogen-bond acceptors (Lipinski definition) is 4. The Labute approximate surface area is 200 Å². The fourth-order valence-corrected chi connectivity index (χ4v) is 4.18. The summed E-state index contributed by atoms with van der Waals surface area (Å²) in [7, 11) is -1.78. The lowest BCUT2D eigenvalue weighted by atomic mass is 9.94. The summed E-state index contributed by atoms with van der Waals surface area (Å²) < 4.78 is 31.3. The van der Waals surface area contributed by atoms with Gasteiger partial charge in [0.25, 0.3) is 5.91 Å². The van der Waals surface area contributed by atoms with Gasteiger partial charge in [0.15, 0.2) is 5.71 Å². The number of nitrogens with two attached hydrogens (primary N) is 1. The fourth-order valence-electron chi connectivity index (χ4n) is 3.54. The Morgan fingerprint density at radius 2 is 1.59 bits per heavy atom. The Balaban J connectivity index is 1.80. The van der Waals surface area contributed by atoms with Gasteiger partial charge < -0.3 is 10.1 Å². The Bertz CT molecular complexity index is 1250. The summed E-state index contributed by atoms with van der Waals surface area (Å²) >= 11 is 0. The molecule has 0 radical (unpaired) electrons. The molecular formula is C26H30N3O4S+. The van der Waals surface area contributed by atoms with Crippen molar-refractivity contribution in [3.63, 3.8) is 0 Å². The van der Waals surface area contributed by atoms with Crippen molar-refractivity contribution in [3.05, 3.63) is 95.1 Å². The number of ether oxygens (including phenoxy) is 1. The van der Waals surface area contributed by atoms with Crippen molar-refractivity contribution in [1.29, 1.82) is 0 Å². The van der Waals surface area contributed by atoms with Gasteiger partial charge in [0.05, 0.1) is 25.3 Å². The molecule has 0 heterocycles. The number of hydrogen-bond donors (Lipinski definition) is 3. The summed E-state index contributed by atoms with van der Waals surface area (Å²) in [4.78, 5) is 13.0. The number of carbonyl (C=O) groups is 1. The van der Waals surface area contributed by atoms with Gasteiger partial charge in [-0.15, -0.1) is 0 Å². The van der Waals surface area contributed by atoms with Gasteiger partial charge in [0.2, 0.25) is 10.0 Å². The molecule has 34 heavy (non-hydrogen) atoms. The molecule has 4 N–H and O–H groups in total. The monoisotopic (exact) mass is 480 g/mol. The minimum Gasteiger partial charge on any atom is -0.497 e. The maximum absolute atomic E-state index is 13.0. The van der Waals surface area contributed by atoms with E-state index in [2.05, 4.69) is 10.0 Å². The molecule has 0 saturated heterocycles. The third-order valence-corrected chi connectivity index (χ3v) is 6.86. The minimum atomic E-state index is -3.35. The van der Waals surface area contributed by atoms with Gasteiger partial charge in [-0.05, 0) is 73.5 Å². The number of sulfonamides is 1. The molecular weight excluding hydrogens is 450 g/mol. The summed E-state index contributed by atoms with van der Waals surface area (Å²) in [5.41, 5.74) is 4.34. The van der Waals surface area contributed by atoms with Crippen molar-refractivity contribution in [1.82, 2.24) is 5.32 Å². The van der Waals surface area contributed by atoms with Crippen molar-refractivity contribution in [2.45, 2.75) is 26.3 Å². The van der Waals surface area contributed by atoms with E-state index in [4.69, 9.17) is 10.1 Å². The number of methoxy groups -OCH3 is 1. The van der Waals surface area contributed by atoms with Crippen molar-refractivity contribution in [3.8, 4) is 5.75 Å². The summed E-state index contributed by atoms with van der Waals surface area (Å²) in [6.45, 7) is 3.57. The predicted octanol–water partition coefficient (Wildman–Crippen LogP) is 2.87. The van der Waals surface area contributed by atoms with E-state index in [-0.39, 0.29) is 17.7 Å². The SMILES string of the molecule is CCS(=O)(=O)Nc1ccc(C(=[NH2+])CC(NC(=O)c2ccc(OC)cc2)c2ccccc2C)cc1. The van der Waals surface area contributed by atoms with Crippen LogP contribution in [0, 0.1) is 6.92 Å². The van der Waals surface area contributed by atoms with Crippen LogP contribution >= 0.6 is 0 Å². The topological polar surface area (TPSA) is 110 Å². The van der Waals surface area contributed by atoms with Gasteiger partial charge in [0, 0.05) is 16.8 Å². The van der Waals surface area contributed by atoms with Crippen LogP contribution in [0.25, 0.3) is 0 Å². The molecule has 3 aromatic rings. The summed E-state index contributed by atoms with van der Waals surface area (Å²) in [6.07, 6.45) is 0.382. The summed E-state index contributed by atoms with van der Waals surface area (Å²) in [6, 6.07) is 21.3. The van der Waals surface area contributed by atoms with E-state index in [0.29, 0.717) is 29.1 Å². The number of aryl methyl sites for hydroxylation is 1. The van der Waals surface area contributed by atoms with Crippen LogP contribution in [0.3, 0.4) is 0 Å². The van der Waals surface area contributed by atoms with Crippen LogP contribution < -0.4 is 20.2 Å². The van der Waals surface area contributed by atoms with Gasteiger partial charge in [-0.25, -0.2) is 8.42 Å². The zero-order valence-electron chi connectivity index (χ0n) is 19.5. The highest BCUT2D eigenvalue weighted by Crippen LogP contribution is 2.24. The van der Waals surface area contributed by atoms with E-state index in [1.54, 1.807) is 62.6 Å². The van der Waals surface area contributed by atoms with Gasteiger partial charge in [0.1, 0.15) is 5.75 Å². The van der Waals surface area contributed by atoms with Crippen molar-refractivity contribution in [2.75, 3.05) is 17.6 Å². The first-order valence-electron chi connectivity index (χ1n) is 10.9. The van der Waals surface area contributed by atoms with Gasteiger partial charge in [-0.1, -0.05) is 24.3 Å². The minimum absolute atomic E-state index is 0.00494. The molecule has 0 aromatic heterocycles. The second kappa shape index (κ2) is 11.0. The Morgan fingerprint density at radius 3 is 2.18 bits per heavy atom. The molecule has 0 bridgehead atoms. The Hall–Kier alpha value is -3.65. The average molecular weight is 481 g/mol. The van der Waals surface area contributed by atoms with E-state index in [0.717, 1.165) is 16.7 Å². The number of amides is 1. The molecule has 0 aliphatic rings. The molecule has 178 valence electrons. The first kappa shape index (κ1) is 25.0. The van der Waals surface area contributed by atoms with E-state index in [1.165, 1.54) is 0 Å². The number of anilines is 1. The number of benzene rings is 3. The molecule has 1 amide bonds. The van der Waals surface area contributed by atoms with Crippen LogP contribution in [0.15, 0.2) is 72.8 Å². The number of rotatable bonds is 10. The lowest BCUT2D eigenvalue weighted by Crippen LogP contribution is -2.43. The van der Waals surface area contributed by atoms with Crippen LogP contribution in [-0.4, -0.2) is 32.9 Å². The Kier molecular flexibility index (Phi) is 8.07. The van der Waals surface area contributed by atoms with E-state index in [9.17, 15) is 13.2 Å². The molecule has 3 rings (SSSR count). The first-order chi connectivity index (χ1) is 16.2. The lowest BCUT2D eigenvalue weighted by molar-refractivity contribution is -0.115. The standard InChI is InChI=1S/C26H29N3O4S/c1-4-34(31,32)29-21-13-9-19(10-14-21)24(27)17-25(23-8-6-5-7-18(23)2)28-26(30)20-11-15-22(33-3)16-12-20/h5-16,25,27,29H,4,17H2,1-3H3,(H,28,30)/p+1. The summed E-state index contributed by atoms with van der Waals surface area (Å²) in [5.74, 6) is 0.456. The van der Waals surface area contributed by atoms with Crippen molar-refractivity contribution in [2.24, 2.45) is 0 Å². The van der Waals surface area contributed by atoms with Crippen LogP contribution in [0.1, 0.15) is 46.4 Å². The Morgan fingerprint density at radius 1 is 0.971 bits per heavy atom. The molecule has 0 aliphatic heterocycles. The zero-order chi connectivity index (χ0) is 24.7. The first-order valence-corrected chi connectivity index (χ1v) is 12.6. The fraction of sp³-hybridized carbons (Fsp3) is 0.231. The lowest BCUT2D eigenvalue weighted by Gasteiger charge is -2.20. The molecule has 3 aromatic carbocycles. The maximum Gasteiger partial charge on any atom is 0.251 e. The van der Waals surface area contributed by atoms with E-state index < -0.39 is 10.0 Å². The van der Waals surface area contributed by atoms with Gasteiger partial charge in [-0.2, -0.15) is 0 Å². The largest absolute Gasteiger partial charge is 0.497 e. The number of nitrogens with one attached hydrogen (secondary N) is 2. The maximum atomic E-state index is 13.0.